The zero-order chi connectivity index (χ0) is 12.8. The minimum absolute atomic E-state index is 0.170. The lowest BCUT2D eigenvalue weighted by Crippen LogP contribution is -2.27. The number of halogens is 1. The van der Waals surface area contributed by atoms with Gasteiger partial charge in [-0.15, -0.1) is 0 Å². The summed E-state index contributed by atoms with van der Waals surface area (Å²) < 4.78 is 1.18. The average Bonchev–Trinajstić information content (AvgIpc) is 2.47. The van der Waals surface area contributed by atoms with Gasteiger partial charge in [0.1, 0.15) is 0 Å². The number of alkyl halides is 1. The minimum atomic E-state index is 0.170. The Kier molecular flexibility index (Phi) is 4.81. The van der Waals surface area contributed by atoms with Crippen molar-refractivity contribution in [2.24, 2.45) is 0 Å². The van der Waals surface area contributed by atoms with E-state index in [0.717, 1.165) is 6.42 Å². The first-order chi connectivity index (χ1) is 8.83. The summed E-state index contributed by atoms with van der Waals surface area (Å²) in [6, 6.07) is 21.9. The van der Waals surface area contributed by atoms with Crippen LogP contribution < -0.4 is 0 Å². The van der Waals surface area contributed by atoms with Crippen molar-refractivity contribution in [3.8, 4) is 0 Å². The maximum absolute atomic E-state index is 2.49. The SMILES string of the molecule is CCC(CCI)(c1ccccc1)c1ccccc1. The lowest BCUT2D eigenvalue weighted by Gasteiger charge is -2.34. The molecular weight excluding hydrogens is 331 g/mol. The van der Waals surface area contributed by atoms with Gasteiger partial charge in [-0.2, -0.15) is 0 Å². The molecule has 0 radical (unpaired) electrons. The molecule has 1 heteroatoms. The van der Waals surface area contributed by atoms with E-state index in [1.54, 1.807) is 0 Å². The highest BCUT2D eigenvalue weighted by Crippen LogP contribution is 2.39. The van der Waals surface area contributed by atoms with Gasteiger partial charge < -0.3 is 0 Å². The third kappa shape index (κ3) is 2.61. The van der Waals surface area contributed by atoms with Crippen molar-refractivity contribution >= 4 is 22.6 Å². The number of rotatable bonds is 5. The molecule has 0 nitrogen and oxygen atoms in total. The second-order valence-electron chi connectivity index (χ2n) is 4.61. The highest BCUT2D eigenvalue weighted by atomic mass is 127. The molecule has 0 aromatic heterocycles. The molecule has 0 heterocycles. The Hall–Kier alpha value is -0.830. The van der Waals surface area contributed by atoms with Crippen LogP contribution in [0.4, 0.5) is 0 Å². The lowest BCUT2D eigenvalue weighted by atomic mass is 9.71. The zero-order valence-corrected chi connectivity index (χ0v) is 12.9. The monoisotopic (exact) mass is 350 g/mol. The summed E-state index contributed by atoms with van der Waals surface area (Å²) in [5.74, 6) is 0. The van der Waals surface area contributed by atoms with Crippen LogP contribution in [-0.4, -0.2) is 4.43 Å². The second kappa shape index (κ2) is 6.37. The third-order valence-electron chi connectivity index (χ3n) is 3.78. The fourth-order valence-corrected chi connectivity index (χ4v) is 3.64. The quantitative estimate of drug-likeness (QED) is 0.513. The molecule has 2 aromatic rings. The van der Waals surface area contributed by atoms with Crippen LogP contribution in [0.2, 0.25) is 0 Å². The van der Waals surface area contributed by atoms with E-state index in [9.17, 15) is 0 Å². The molecule has 0 N–H and O–H groups in total. The standard InChI is InChI=1S/C17H19I/c1-2-17(13-14-18,15-9-5-3-6-10-15)16-11-7-4-8-12-16/h3-12H,2,13-14H2,1H3. The van der Waals surface area contributed by atoms with Crippen LogP contribution >= 0.6 is 22.6 Å². The molecule has 0 saturated carbocycles. The summed E-state index contributed by atoms with van der Waals surface area (Å²) in [5, 5.41) is 0. The fraction of sp³-hybridized carbons (Fsp3) is 0.294. The Morgan fingerprint density at radius 3 is 1.61 bits per heavy atom. The van der Waals surface area contributed by atoms with E-state index in [1.165, 1.54) is 22.0 Å². The molecule has 94 valence electrons. The Morgan fingerprint density at radius 1 is 0.833 bits per heavy atom. The van der Waals surface area contributed by atoms with Gasteiger partial charge in [-0.1, -0.05) is 90.2 Å². The van der Waals surface area contributed by atoms with Crippen molar-refractivity contribution < 1.29 is 0 Å². The first-order valence-electron chi connectivity index (χ1n) is 6.50. The summed E-state index contributed by atoms with van der Waals surface area (Å²) in [5.41, 5.74) is 3.05. The Morgan fingerprint density at radius 2 is 1.28 bits per heavy atom. The zero-order valence-electron chi connectivity index (χ0n) is 10.8. The van der Waals surface area contributed by atoms with Crippen molar-refractivity contribution in [3.63, 3.8) is 0 Å². The van der Waals surface area contributed by atoms with Crippen LogP contribution in [0.25, 0.3) is 0 Å². The molecule has 0 amide bonds. The summed E-state index contributed by atoms with van der Waals surface area (Å²) in [6.07, 6.45) is 2.34. The van der Waals surface area contributed by atoms with E-state index in [4.69, 9.17) is 0 Å². The van der Waals surface area contributed by atoms with Gasteiger partial charge in [0.05, 0.1) is 0 Å². The normalized spacial score (nSPS) is 11.4. The molecule has 0 bridgehead atoms. The van der Waals surface area contributed by atoms with Gasteiger partial charge in [0, 0.05) is 9.84 Å². The van der Waals surface area contributed by atoms with E-state index in [-0.39, 0.29) is 5.41 Å². The van der Waals surface area contributed by atoms with Gasteiger partial charge >= 0.3 is 0 Å². The van der Waals surface area contributed by atoms with Crippen molar-refractivity contribution in [3.05, 3.63) is 71.8 Å². The molecule has 0 unspecified atom stereocenters. The number of benzene rings is 2. The van der Waals surface area contributed by atoms with Gasteiger partial charge in [0.25, 0.3) is 0 Å². The number of hydrogen-bond donors (Lipinski definition) is 0. The third-order valence-corrected chi connectivity index (χ3v) is 4.32. The molecular formula is C17H19I. The Labute approximate surface area is 124 Å². The van der Waals surface area contributed by atoms with Crippen LogP contribution in [0, 0.1) is 0 Å². The van der Waals surface area contributed by atoms with Crippen molar-refractivity contribution in [2.75, 3.05) is 4.43 Å². The lowest BCUT2D eigenvalue weighted by molar-refractivity contribution is 0.485. The maximum Gasteiger partial charge on any atom is 0.0207 e. The molecule has 0 fully saturated rings. The van der Waals surface area contributed by atoms with Crippen LogP contribution in [0.3, 0.4) is 0 Å². The molecule has 0 aliphatic heterocycles. The molecule has 0 atom stereocenters. The minimum Gasteiger partial charge on any atom is -0.0863 e. The van der Waals surface area contributed by atoms with E-state index < -0.39 is 0 Å². The smallest absolute Gasteiger partial charge is 0.0207 e. The largest absolute Gasteiger partial charge is 0.0863 e. The van der Waals surface area contributed by atoms with Crippen molar-refractivity contribution in [2.45, 2.75) is 25.2 Å². The fourth-order valence-electron chi connectivity index (χ4n) is 2.72. The van der Waals surface area contributed by atoms with Crippen molar-refractivity contribution in [1.82, 2.24) is 0 Å². The molecule has 2 aromatic carbocycles. The molecule has 0 saturated heterocycles. The van der Waals surface area contributed by atoms with Crippen molar-refractivity contribution in [1.29, 1.82) is 0 Å². The van der Waals surface area contributed by atoms with Gasteiger partial charge in [-0.3, -0.25) is 0 Å². The van der Waals surface area contributed by atoms with Crippen LogP contribution in [0.5, 0.6) is 0 Å². The van der Waals surface area contributed by atoms with Crippen LogP contribution in [-0.2, 0) is 5.41 Å². The van der Waals surface area contributed by atoms with Crippen LogP contribution in [0.15, 0.2) is 60.7 Å². The first-order valence-corrected chi connectivity index (χ1v) is 8.03. The molecule has 0 aliphatic carbocycles. The van der Waals surface area contributed by atoms with E-state index >= 15 is 0 Å². The van der Waals surface area contributed by atoms with Crippen LogP contribution in [0.1, 0.15) is 30.9 Å². The summed E-state index contributed by atoms with van der Waals surface area (Å²) in [7, 11) is 0. The average molecular weight is 350 g/mol. The topological polar surface area (TPSA) is 0 Å². The second-order valence-corrected chi connectivity index (χ2v) is 5.69. The molecule has 0 spiro atoms. The summed E-state index contributed by atoms with van der Waals surface area (Å²) in [4.78, 5) is 0. The van der Waals surface area contributed by atoms with Gasteiger partial charge in [0.2, 0.25) is 0 Å². The van der Waals surface area contributed by atoms with E-state index in [0.29, 0.717) is 0 Å². The Balaban J connectivity index is 2.53. The Bertz CT molecular complexity index is 422. The van der Waals surface area contributed by atoms with E-state index in [1.807, 2.05) is 0 Å². The highest BCUT2D eigenvalue weighted by molar-refractivity contribution is 14.1. The first kappa shape index (κ1) is 13.6. The summed E-state index contributed by atoms with van der Waals surface area (Å²) in [6.45, 7) is 2.30. The van der Waals surface area contributed by atoms with Gasteiger partial charge in [-0.05, 0) is 24.0 Å². The predicted molar refractivity (Wildman–Crippen MR) is 87.5 cm³/mol. The van der Waals surface area contributed by atoms with Gasteiger partial charge in [0.15, 0.2) is 0 Å². The maximum atomic E-state index is 2.49. The molecule has 18 heavy (non-hydrogen) atoms. The number of hydrogen-bond acceptors (Lipinski definition) is 0. The molecule has 0 aliphatic rings. The summed E-state index contributed by atoms with van der Waals surface area (Å²) >= 11 is 2.49. The highest BCUT2D eigenvalue weighted by Gasteiger charge is 2.31. The van der Waals surface area contributed by atoms with E-state index in [2.05, 4.69) is 90.2 Å². The predicted octanol–water partition coefficient (Wildman–Crippen LogP) is 5.21. The molecule has 2 rings (SSSR count). The van der Waals surface area contributed by atoms with Gasteiger partial charge in [-0.25, -0.2) is 0 Å².